The minimum absolute atomic E-state index is 0.327. The lowest BCUT2D eigenvalue weighted by Crippen LogP contribution is -2.41. The van der Waals surface area contributed by atoms with Crippen molar-refractivity contribution in [2.75, 3.05) is 7.05 Å². The van der Waals surface area contributed by atoms with Crippen LogP contribution in [0.4, 0.5) is 0 Å². The minimum atomic E-state index is -0.362. The second-order valence-corrected chi connectivity index (χ2v) is 5.00. The molecule has 1 aliphatic heterocycles. The summed E-state index contributed by atoms with van der Waals surface area (Å²) < 4.78 is 11.8. The maximum Gasteiger partial charge on any atom is 0.492 e. The van der Waals surface area contributed by atoms with E-state index in [1.165, 1.54) is 6.21 Å². The van der Waals surface area contributed by atoms with Crippen LogP contribution in [0.2, 0.25) is 0 Å². The van der Waals surface area contributed by atoms with E-state index in [1.807, 2.05) is 40.9 Å². The molecule has 0 bridgehead atoms. The van der Waals surface area contributed by atoms with Gasteiger partial charge in [-0.2, -0.15) is 0 Å². The average molecular weight is 224 g/mol. The fourth-order valence-electron chi connectivity index (χ4n) is 1.52. The van der Waals surface area contributed by atoms with E-state index < -0.39 is 0 Å². The van der Waals surface area contributed by atoms with E-state index in [2.05, 4.69) is 5.32 Å². The smallest absolute Gasteiger partial charge is 0.400 e. The van der Waals surface area contributed by atoms with Gasteiger partial charge in [0.15, 0.2) is 0 Å². The lowest BCUT2D eigenvalue weighted by molar-refractivity contribution is 0.00578. The standard InChI is InChI=1S/C11H21BN2O2/c1-10(2)11(3,4)16-12(15-10)9(6-7-13)8-14-5/h7-8,13-14H,6H2,1-5H3/b9-8+,13-7?. The van der Waals surface area contributed by atoms with Crippen LogP contribution in [-0.4, -0.2) is 31.6 Å². The minimum Gasteiger partial charge on any atom is -0.400 e. The van der Waals surface area contributed by atoms with Crippen LogP contribution in [0, 0.1) is 5.41 Å². The number of hydrogen-bond acceptors (Lipinski definition) is 4. The quantitative estimate of drug-likeness (QED) is 0.565. The SMILES string of the molecule is CN/C=C(\CC=N)B1OC(C)(C)C(C)(C)O1. The molecule has 0 aromatic rings. The zero-order valence-electron chi connectivity index (χ0n) is 10.8. The van der Waals surface area contributed by atoms with Crippen molar-refractivity contribution in [3.05, 3.63) is 11.7 Å². The van der Waals surface area contributed by atoms with Crippen molar-refractivity contribution in [1.82, 2.24) is 5.32 Å². The molecule has 1 fully saturated rings. The summed E-state index contributed by atoms with van der Waals surface area (Å²) in [7, 11) is 1.47. The number of rotatable bonds is 4. The number of nitrogens with one attached hydrogen (secondary N) is 2. The van der Waals surface area contributed by atoms with E-state index >= 15 is 0 Å². The van der Waals surface area contributed by atoms with Crippen molar-refractivity contribution in [2.24, 2.45) is 0 Å². The lowest BCUT2D eigenvalue weighted by atomic mass is 9.77. The Hall–Kier alpha value is -0.805. The largest absolute Gasteiger partial charge is 0.492 e. The van der Waals surface area contributed by atoms with Gasteiger partial charge in [0.2, 0.25) is 0 Å². The normalized spacial score (nSPS) is 23.3. The van der Waals surface area contributed by atoms with Gasteiger partial charge < -0.3 is 20.0 Å². The molecule has 0 aromatic heterocycles. The molecular weight excluding hydrogens is 203 g/mol. The molecule has 0 amide bonds. The summed E-state index contributed by atoms with van der Waals surface area (Å²) >= 11 is 0. The first-order valence-corrected chi connectivity index (χ1v) is 5.55. The Labute approximate surface area is 98.0 Å². The molecule has 1 rings (SSSR count). The fraction of sp³-hybridized carbons (Fsp3) is 0.727. The maximum atomic E-state index is 7.17. The van der Waals surface area contributed by atoms with E-state index in [1.54, 1.807) is 0 Å². The van der Waals surface area contributed by atoms with Gasteiger partial charge in [0, 0.05) is 13.5 Å². The summed E-state index contributed by atoms with van der Waals surface area (Å²) in [5.41, 5.74) is 0.287. The van der Waals surface area contributed by atoms with Gasteiger partial charge in [0.05, 0.1) is 11.2 Å². The summed E-state index contributed by atoms with van der Waals surface area (Å²) in [6.07, 6.45) is 3.74. The fourth-order valence-corrected chi connectivity index (χ4v) is 1.52. The highest BCUT2D eigenvalue weighted by molar-refractivity contribution is 6.55. The number of hydrogen-bond donors (Lipinski definition) is 2. The predicted molar refractivity (Wildman–Crippen MR) is 66.6 cm³/mol. The Morgan fingerprint density at radius 3 is 2.12 bits per heavy atom. The van der Waals surface area contributed by atoms with Gasteiger partial charge in [-0.1, -0.05) is 0 Å². The Kier molecular flexibility index (Phi) is 3.81. The van der Waals surface area contributed by atoms with Crippen LogP contribution in [0.3, 0.4) is 0 Å². The molecule has 16 heavy (non-hydrogen) atoms. The zero-order chi connectivity index (χ0) is 12.4. The first-order valence-electron chi connectivity index (χ1n) is 5.55. The van der Waals surface area contributed by atoms with Crippen molar-refractivity contribution >= 4 is 13.3 Å². The van der Waals surface area contributed by atoms with Crippen molar-refractivity contribution in [2.45, 2.75) is 45.3 Å². The van der Waals surface area contributed by atoms with Gasteiger partial charge >= 0.3 is 7.12 Å². The van der Waals surface area contributed by atoms with E-state index in [0.29, 0.717) is 6.42 Å². The van der Waals surface area contributed by atoms with Crippen LogP contribution in [0.15, 0.2) is 11.7 Å². The van der Waals surface area contributed by atoms with Gasteiger partial charge in [0.25, 0.3) is 0 Å². The van der Waals surface area contributed by atoms with Gasteiger partial charge in [-0.25, -0.2) is 0 Å². The van der Waals surface area contributed by atoms with E-state index in [-0.39, 0.29) is 18.3 Å². The van der Waals surface area contributed by atoms with Crippen LogP contribution >= 0.6 is 0 Å². The predicted octanol–water partition coefficient (Wildman–Crippen LogP) is 1.76. The summed E-state index contributed by atoms with van der Waals surface area (Å²) in [6, 6.07) is 0. The van der Waals surface area contributed by atoms with Crippen molar-refractivity contribution in [3.8, 4) is 0 Å². The molecule has 5 heteroatoms. The van der Waals surface area contributed by atoms with Crippen molar-refractivity contribution < 1.29 is 9.31 Å². The Morgan fingerprint density at radius 1 is 1.25 bits per heavy atom. The van der Waals surface area contributed by atoms with E-state index in [4.69, 9.17) is 14.7 Å². The molecule has 0 spiro atoms. The highest BCUT2D eigenvalue weighted by Crippen LogP contribution is 2.38. The highest BCUT2D eigenvalue weighted by Gasteiger charge is 2.52. The van der Waals surface area contributed by atoms with Crippen LogP contribution in [0.1, 0.15) is 34.1 Å². The first-order chi connectivity index (χ1) is 7.34. The lowest BCUT2D eigenvalue weighted by Gasteiger charge is -2.32. The van der Waals surface area contributed by atoms with Crippen LogP contribution in [0.25, 0.3) is 0 Å². The molecular formula is C11H21BN2O2. The van der Waals surface area contributed by atoms with Crippen LogP contribution in [-0.2, 0) is 9.31 Å². The molecule has 0 saturated carbocycles. The second-order valence-electron chi connectivity index (χ2n) is 5.00. The Balaban J connectivity index is 2.84. The molecule has 0 aliphatic carbocycles. The van der Waals surface area contributed by atoms with Crippen LogP contribution < -0.4 is 5.32 Å². The monoisotopic (exact) mass is 224 g/mol. The Morgan fingerprint density at radius 2 is 1.75 bits per heavy atom. The van der Waals surface area contributed by atoms with Gasteiger partial charge in [0.1, 0.15) is 0 Å². The highest BCUT2D eigenvalue weighted by atomic mass is 16.7. The molecule has 0 radical (unpaired) electrons. The molecule has 0 unspecified atom stereocenters. The second kappa shape index (κ2) is 4.59. The molecule has 0 atom stereocenters. The maximum absolute atomic E-state index is 7.17. The van der Waals surface area contributed by atoms with Crippen LogP contribution in [0.5, 0.6) is 0 Å². The van der Waals surface area contributed by atoms with Gasteiger partial charge in [-0.3, -0.25) is 0 Å². The number of allylic oxidation sites excluding steroid dienone is 1. The van der Waals surface area contributed by atoms with Gasteiger partial charge in [-0.05, 0) is 45.6 Å². The zero-order valence-corrected chi connectivity index (χ0v) is 10.8. The van der Waals surface area contributed by atoms with E-state index in [9.17, 15) is 0 Å². The summed E-state index contributed by atoms with van der Waals surface area (Å²) in [5.74, 6) is 0. The third kappa shape index (κ3) is 2.47. The van der Waals surface area contributed by atoms with Crippen molar-refractivity contribution in [1.29, 1.82) is 5.41 Å². The summed E-state index contributed by atoms with van der Waals surface area (Å²) in [5, 5.41) is 10.1. The molecule has 4 nitrogen and oxygen atoms in total. The molecule has 1 saturated heterocycles. The third-order valence-electron chi connectivity index (χ3n) is 3.22. The molecule has 2 N–H and O–H groups in total. The summed E-state index contributed by atoms with van der Waals surface area (Å²) in [6.45, 7) is 8.09. The topological polar surface area (TPSA) is 54.3 Å². The molecule has 1 heterocycles. The third-order valence-corrected chi connectivity index (χ3v) is 3.22. The Bertz CT molecular complexity index is 284. The first kappa shape index (κ1) is 13.3. The molecule has 0 aromatic carbocycles. The van der Waals surface area contributed by atoms with Gasteiger partial charge in [-0.15, -0.1) is 0 Å². The van der Waals surface area contributed by atoms with Crippen molar-refractivity contribution in [3.63, 3.8) is 0 Å². The summed E-state index contributed by atoms with van der Waals surface area (Å²) in [4.78, 5) is 0. The molecule has 1 aliphatic rings. The average Bonchev–Trinajstić information content (AvgIpc) is 2.36. The molecule has 90 valence electrons. The van der Waals surface area contributed by atoms with E-state index in [0.717, 1.165) is 5.47 Å².